The minimum absolute atomic E-state index is 0.0604. The van der Waals surface area contributed by atoms with Crippen LogP contribution in [-0.4, -0.2) is 74.1 Å². The summed E-state index contributed by atoms with van der Waals surface area (Å²) in [4.78, 5) is 6.55. The Bertz CT molecular complexity index is 684. The van der Waals surface area contributed by atoms with E-state index >= 15 is 0 Å². The largest absolute Gasteiger partial charge is 0.357 e. The van der Waals surface area contributed by atoms with Gasteiger partial charge in [-0.05, 0) is 19.4 Å². The molecule has 2 rings (SSSR count). The van der Waals surface area contributed by atoms with Crippen LogP contribution in [0.2, 0.25) is 0 Å². The summed E-state index contributed by atoms with van der Waals surface area (Å²) < 4.78 is 26.5. The molecule has 1 aromatic rings. The topological polar surface area (TPSA) is 65.0 Å². The average molecular weight is 399 g/mol. The second kappa shape index (κ2) is 10.2. The first-order valence-corrected chi connectivity index (χ1v) is 11.8. The third-order valence-electron chi connectivity index (χ3n) is 4.21. The fourth-order valence-electron chi connectivity index (χ4n) is 2.73. The van der Waals surface area contributed by atoms with Crippen molar-refractivity contribution in [1.82, 2.24) is 14.5 Å². The molecule has 1 N–H and O–H groups in total. The van der Waals surface area contributed by atoms with E-state index in [0.717, 1.165) is 30.6 Å². The third kappa shape index (κ3) is 6.48. The highest BCUT2D eigenvalue weighted by molar-refractivity contribution is 7.99. The van der Waals surface area contributed by atoms with Crippen molar-refractivity contribution in [2.75, 3.05) is 50.5 Å². The van der Waals surface area contributed by atoms with Crippen molar-refractivity contribution in [2.24, 2.45) is 4.99 Å². The molecule has 6 nitrogen and oxygen atoms in total. The maximum atomic E-state index is 12.4. The zero-order chi connectivity index (χ0) is 19.0. The van der Waals surface area contributed by atoms with Gasteiger partial charge in [-0.15, -0.1) is 0 Å². The van der Waals surface area contributed by atoms with Gasteiger partial charge < -0.3 is 10.2 Å². The molecule has 0 unspecified atom stereocenters. The maximum Gasteiger partial charge on any atom is 0.215 e. The minimum atomic E-state index is -3.22. The molecule has 1 fully saturated rings. The van der Waals surface area contributed by atoms with Gasteiger partial charge in [-0.3, -0.25) is 4.99 Å². The van der Waals surface area contributed by atoms with Gasteiger partial charge in [-0.2, -0.15) is 11.8 Å². The Morgan fingerprint density at radius 2 is 1.92 bits per heavy atom. The molecule has 1 aliphatic rings. The van der Waals surface area contributed by atoms with E-state index in [-0.39, 0.29) is 12.3 Å². The first kappa shape index (κ1) is 21.1. The first-order chi connectivity index (χ1) is 12.4. The second-order valence-corrected chi connectivity index (χ2v) is 9.72. The van der Waals surface area contributed by atoms with Gasteiger partial charge in [0.2, 0.25) is 10.0 Å². The van der Waals surface area contributed by atoms with Crippen LogP contribution in [0.1, 0.15) is 18.1 Å². The molecular formula is C18H30N4O2S2. The quantitative estimate of drug-likeness (QED) is 0.560. The van der Waals surface area contributed by atoms with Gasteiger partial charge in [0, 0.05) is 44.7 Å². The van der Waals surface area contributed by atoms with E-state index < -0.39 is 10.0 Å². The van der Waals surface area contributed by atoms with Crippen LogP contribution in [0.5, 0.6) is 0 Å². The number of hydrogen-bond acceptors (Lipinski definition) is 4. The maximum absolute atomic E-state index is 12.4. The van der Waals surface area contributed by atoms with Crippen LogP contribution in [-0.2, 0) is 16.6 Å². The molecule has 0 amide bonds. The highest BCUT2D eigenvalue weighted by Gasteiger charge is 2.23. The molecule has 1 aromatic carbocycles. The summed E-state index contributed by atoms with van der Waals surface area (Å²) in [6.07, 6.45) is 0. The molecule has 0 spiro atoms. The van der Waals surface area contributed by atoms with Crippen LogP contribution in [0.15, 0.2) is 29.3 Å². The summed E-state index contributed by atoms with van der Waals surface area (Å²) in [6, 6.07) is 8.40. The lowest BCUT2D eigenvalue weighted by molar-refractivity contribution is 0.443. The smallest absolute Gasteiger partial charge is 0.215 e. The van der Waals surface area contributed by atoms with Crippen LogP contribution >= 0.6 is 11.8 Å². The number of thioether (sulfide) groups is 1. The number of aliphatic imine (C=N–C) groups is 1. The molecule has 0 radical (unpaired) electrons. The SMILES string of the molecule is CCNC(=NCCS(=O)(=O)N1CCSCC1)N(C)Cc1ccc(C)cc1. The molecule has 1 saturated heterocycles. The first-order valence-electron chi connectivity index (χ1n) is 9.03. The lowest BCUT2D eigenvalue weighted by Crippen LogP contribution is -2.41. The Morgan fingerprint density at radius 3 is 2.54 bits per heavy atom. The Hall–Kier alpha value is -1.25. The second-order valence-electron chi connectivity index (χ2n) is 6.40. The van der Waals surface area contributed by atoms with Crippen molar-refractivity contribution in [1.29, 1.82) is 0 Å². The van der Waals surface area contributed by atoms with E-state index in [1.807, 2.05) is 18.9 Å². The van der Waals surface area contributed by atoms with Gasteiger partial charge >= 0.3 is 0 Å². The lowest BCUT2D eigenvalue weighted by atomic mass is 10.1. The van der Waals surface area contributed by atoms with Crippen LogP contribution in [0.25, 0.3) is 0 Å². The summed E-state index contributed by atoms with van der Waals surface area (Å²) >= 11 is 1.81. The van der Waals surface area contributed by atoms with Crippen molar-refractivity contribution in [3.63, 3.8) is 0 Å². The van der Waals surface area contributed by atoms with E-state index in [9.17, 15) is 8.42 Å². The minimum Gasteiger partial charge on any atom is -0.357 e. The number of nitrogens with one attached hydrogen (secondary N) is 1. The number of guanidine groups is 1. The summed E-state index contributed by atoms with van der Waals surface area (Å²) in [5.74, 6) is 2.55. The Balaban J connectivity index is 1.95. The van der Waals surface area contributed by atoms with Crippen molar-refractivity contribution >= 4 is 27.7 Å². The number of sulfonamides is 1. The number of nitrogens with zero attached hydrogens (tertiary/aromatic N) is 3. The summed E-state index contributed by atoms with van der Waals surface area (Å²) in [5, 5.41) is 3.24. The molecule has 0 aromatic heterocycles. The van der Waals surface area contributed by atoms with Gasteiger partial charge in [0.15, 0.2) is 5.96 Å². The fourth-order valence-corrected chi connectivity index (χ4v) is 5.19. The zero-order valence-electron chi connectivity index (χ0n) is 15.9. The van der Waals surface area contributed by atoms with Gasteiger partial charge in [0.25, 0.3) is 0 Å². The molecule has 1 heterocycles. The summed E-state index contributed by atoms with van der Waals surface area (Å²) in [5.41, 5.74) is 2.43. The fraction of sp³-hybridized carbons (Fsp3) is 0.611. The average Bonchev–Trinajstić information content (AvgIpc) is 2.63. The predicted molar refractivity (Wildman–Crippen MR) is 111 cm³/mol. The van der Waals surface area contributed by atoms with Crippen LogP contribution in [0.4, 0.5) is 0 Å². The normalized spacial score (nSPS) is 16.5. The van der Waals surface area contributed by atoms with Gasteiger partial charge in [-0.25, -0.2) is 12.7 Å². The van der Waals surface area contributed by atoms with E-state index in [4.69, 9.17) is 0 Å². The Labute approximate surface area is 162 Å². The lowest BCUT2D eigenvalue weighted by Gasteiger charge is -2.25. The molecule has 1 aliphatic heterocycles. The van der Waals surface area contributed by atoms with Gasteiger partial charge in [0.1, 0.15) is 0 Å². The number of rotatable bonds is 7. The summed E-state index contributed by atoms with van der Waals surface area (Å²) in [6.45, 7) is 7.05. The number of aryl methyl sites for hydroxylation is 1. The molecule has 8 heteroatoms. The van der Waals surface area contributed by atoms with Crippen molar-refractivity contribution in [3.8, 4) is 0 Å². The highest BCUT2D eigenvalue weighted by Crippen LogP contribution is 2.13. The van der Waals surface area contributed by atoms with Crippen molar-refractivity contribution < 1.29 is 8.42 Å². The predicted octanol–water partition coefficient (Wildman–Crippen LogP) is 1.77. The Kier molecular flexibility index (Phi) is 8.24. The number of benzene rings is 1. The molecule has 0 bridgehead atoms. The van der Waals surface area contributed by atoms with E-state index in [1.54, 1.807) is 16.1 Å². The standard InChI is InChI=1S/C18H30N4O2S2/c1-4-19-18(21(3)15-17-7-5-16(2)6-8-17)20-9-14-26(23,24)22-10-12-25-13-11-22/h5-8H,4,9-15H2,1-3H3,(H,19,20). The van der Waals surface area contributed by atoms with Crippen LogP contribution in [0, 0.1) is 6.92 Å². The van der Waals surface area contributed by atoms with E-state index in [1.165, 1.54) is 11.1 Å². The van der Waals surface area contributed by atoms with E-state index in [0.29, 0.717) is 13.1 Å². The monoisotopic (exact) mass is 398 g/mol. The number of hydrogen-bond donors (Lipinski definition) is 1. The van der Waals surface area contributed by atoms with E-state index in [2.05, 4.69) is 41.5 Å². The molecule has 146 valence electrons. The van der Waals surface area contributed by atoms with Crippen LogP contribution < -0.4 is 5.32 Å². The highest BCUT2D eigenvalue weighted by atomic mass is 32.2. The molecule has 26 heavy (non-hydrogen) atoms. The Morgan fingerprint density at radius 1 is 1.27 bits per heavy atom. The molecule has 0 saturated carbocycles. The van der Waals surface area contributed by atoms with Gasteiger partial charge in [-0.1, -0.05) is 29.8 Å². The summed E-state index contributed by atoms with van der Waals surface area (Å²) in [7, 11) is -1.25. The van der Waals surface area contributed by atoms with Crippen molar-refractivity contribution in [2.45, 2.75) is 20.4 Å². The van der Waals surface area contributed by atoms with Crippen LogP contribution in [0.3, 0.4) is 0 Å². The van der Waals surface area contributed by atoms with Crippen molar-refractivity contribution in [3.05, 3.63) is 35.4 Å². The zero-order valence-corrected chi connectivity index (χ0v) is 17.6. The third-order valence-corrected chi connectivity index (χ3v) is 7.00. The molecular weight excluding hydrogens is 368 g/mol. The molecule has 0 aliphatic carbocycles. The van der Waals surface area contributed by atoms with Gasteiger partial charge in [0.05, 0.1) is 12.3 Å². The molecule has 0 atom stereocenters.